The van der Waals surface area contributed by atoms with Gasteiger partial charge in [-0.2, -0.15) is 0 Å². The lowest BCUT2D eigenvalue weighted by atomic mass is 10.0. The van der Waals surface area contributed by atoms with E-state index in [1.54, 1.807) is 0 Å². The van der Waals surface area contributed by atoms with Crippen molar-refractivity contribution in [1.29, 1.82) is 0 Å². The fraction of sp³-hybridized carbons (Fsp3) is 0.880. The predicted molar refractivity (Wildman–Crippen MR) is 353 cm³/mol. The van der Waals surface area contributed by atoms with Crippen molar-refractivity contribution in [2.75, 3.05) is 13.2 Å². The first-order valence-corrected chi connectivity index (χ1v) is 36.5. The maximum atomic E-state index is 12.9. The molecule has 0 aliphatic carbocycles. The highest BCUT2D eigenvalue weighted by Gasteiger charge is 2.19. The topological polar surface area (TPSA) is 78.9 Å². The van der Waals surface area contributed by atoms with Crippen LogP contribution in [0.2, 0.25) is 0 Å². The Bertz CT molecular complexity index is 1350. The number of allylic oxidation sites excluding steroid dienone is 6. The first kappa shape index (κ1) is 78.6. The fourth-order valence-electron chi connectivity index (χ4n) is 11.1. The Morgan fingerprint density at radius 1 is 0.247 bits per heavy atom. The molecule has 0 aromatic rings. The number of unbranched alkanes of at least 4 members (excludes halogenated alkanes) is 51. The Labute approximate surface area is 506 Å². The number of esters is 3. The van der Waals surface area contributed by atoms with E-state index in [-0.39, 0.29) is 31.1 Å². The average Bonchev–Trinajstić information content (AvgIpc) is 3.47. The van der Waals surface area contributed by atoms with Crippen molar-refractivity contribution in [3.8, 4) is 0 Å². The second-order valence-corrected chi connectivity index (χ2v) is 24.9. The average molecular weight is 1140 g/mol. The molecule has 0 amide bonds. The number of hydrogen-bond acceptors (Lipinski definition) is 6. The molecule has 6 nitrogen and oxygen atoms in total. The van der Waals surface area contributed by atoms with E-state index in [0.717, 1.165) is 70.6 Å². The lowest BCUT2D eigenvalue weighted by Crippen LogP contribution is -2.30. The van der Waals surface area contributed by atoms with E-state index in [2.05, 4.69) is 57.2 Å². The second-order valence-electron chi connectivity index (χ2n) is 24.9. The zero-order chi connectivity index (χ0) is 58.5. The number of carbonyl (C=O) groups is 3. The zero-order valence-corrected chi connectivity index (χ0v) is 54.8. The maximum absolute atomic E-state index is 12.9. The van der Waals surface area contributed by atoms with Gasteiger partial charge in [0.1, 0.15) is 13.2 Å². The third-order valence-corrected chi connectivity index (χ3v) is 16.6. The zero-order valence-electron chi connectivity index (χ0n) is 54.8. The fourth-order valence-corrected chi connectivity index (χ4v) is 11.1. The van der Waals surface area contributed by atoms with Crippen molar-refractivity contribution in [2.45, 2.75) is 412 Å². The normalized spacial score (nSPS) is 12.2. The van der Waals surface area contributed by atoms with Gasteiger partial charge in [0, 0.05) is 19.3 Å². The van der Waals surface area contributed by atoms with Gasteiger partial charge in [-0.1, -0.05) is 346 Å². The Morgan fingerprint density at radius 3 is 0.691 bits per heavy atom. The molecule has 0 bridgehead atoms. The Morgan fingerprint density at radius 2 is 0.444 bits per heavy atom. The van der Waals surface area contributed by atoms with Crippen LogP contribution in [0.1, 0.15) is 406 Å². The SMILES string of the molecule is CCCCCCC/C=C\C/C=C\CCCCCCCCCCCCCCCCCCCCCC(=O)OCC(COC(=O)CCCCCCC/C=C\CCCCCCC)OC(=O)CCCCCCCCCCCCCCCCCCCC. The van der Waals surface area contributed by atoms with Gasteiger partial charge in [0.15, 0.2) is 6.10 Å². The van der Waals surface area contributed by atoms with E-state index in [1.165, 1.54) is 295 Å². The lowest BCUT2D eigenvalue weighted by Gasteiger charge is -2.18. The van der Waals surface area contributed by atoms with Gasteiger partial charge in [0.25, 0.3) is 0 Å². The summed E-state index contributed by atoms with van der Waals surface area (Å²) in [6.45, 7) is 6.69. The first-order chi connectivity index (χ1) is 40.0. The van der Waals surface area contributed by atoms with Crippen LogP contribution in [0.15, 0.2) is 36.5 Å². The summed E-state index contributed by atoms with van der Waals surface area (Å²) in [6, 6.07) is 0. The highest BCUT2D eigenvalue weighted by atomic mass is 16.6. The van der Waals surface area contributed by atoms with E-state index in [4.69, 9.17) is 14.2 Å². The number of hydrogen-bond donors (Lipinski definition) is 0. The van der Waals surface area contributed by atoms with Gasteiger partial charge in [-0.3, -0.25) is 14.4 Å². The Kier molecular flexibility index (Phi) is 68.1. The summed E-state index contributed by atoms with van der Waals surface area (Å²) >= 11 is 0. The van der Waals surface area contributed by atoms with Crippen LogP contribution >= 0.6 is 0 Å². The monoisotopic (exact) mass is 1140 g/mol. The molecule has 0 radical (unpaired) electrons. The number of carbonyl (C=O) groups excluding carboxylic acids is 3. The molecule has 0 rings (SSSR count). The molecule has 81 heavy (non-hydrogen) atoms. The molecule has 0 spiro atoms. The molecule has 0 saturated heterocycles. The minimum absolute atomic E-state index is 0.0684. The standard InChI is InChI=1S/C75H140O6/c1-4-7-10-13-16-19-22-25-28-30-32-33-34-35-36-37-38-39-40-41-42-43-44-46-47-50-53-56-59-62-65-68-74(77)80-71-72(70-79-73(76)67-64-61-58-55-52-49-27-24-21-18-15-12-9-6-3)81-75(78)69-66-63-60-57-54-51-48-45-31-29-26-23-20-17-14-11-8-5-2/h22,24-25,27,30,32,72H,4-21,23,26,28-29,31,33-71H2,1-3H3/b25-22-,27-24-,32-30-. The largest absolute Gasteiger partial charge is 0.462 e. The van der Waals surface area contributed by atoms with Gasteiger partial charge < -0.3 is 14.2 Å². The molecule has 6 heteroatoms. The minimum Gasteiger partial charge on any atom is -0.462 e. The third-order valence-electron chi connectivity index (χ3n) is 16.6. The van der Waals surface area contributed by atoms with Crippen LogP contribution in [0.25, 0.3) is 0 Å². The molecule has 0 aromatic heterocycles. The summed E-state index contributed by atoms with van der Waals surface area (Å²) in [5, 5.41) is 0. The number of ether oxygens (including phenoxy) is 3. The van der Waals surface area contributed by atoms with Crippen LogP contribution in [-0.4, -0.2) is 37.2 Å². The molecule has 0 saturated carbocycles. The van der Waals surface area contributed by atoms with Crippen LogP contribution in [-0.2, 0) is 28.6 Å². The van der Waals surface area contributed by atoms with Crippen molar-refractivity contribution in [2.24, 2.45) is 0 Å². The molecule has 0 aliphatic rings. The molecule has 0 fully saturated rings. The smallest absolute Gasteiger partial charge is 0.306 e. The Hall–Kier alpha value is -2.37. The minimum atomic E-state index is -0.772. The predicted octanol–water partition coefficient (Wildman–Crippen LogP) is 25.1. The summed E-state index contributed by atoms with van der Waals surface area (Å²) in [5.41, 5.74) is 0. The molecule has 476 valence electrons. The van der Waals surface area contributed by atoms with Gasteiger partial charge >= 0.3 is 17.9 Å². The summed E-state index contributed by atoms with van der Waals surface area (Å²) in [7, 11) is 0. The maximum Gasteiger partial charge on any atom is 0.306 e. The third kappa shape index (κ3) is 68.3. The van der Waals surface area contributed by atoms with Gasteiger partial charge in [0.05, 0.1) is 0 Å². The summed E-state index contributed by atoms with van der Waals surface area (Å²) in [5.74, 6) is -0.846. The molecule has 0 aliphatic heterocycles. The van der Waals surface area contributed by atoms with E-state index in [9.17, 15) is 14.4 Å². The highest BCUT2D eigenvalue weighted by molar-refractivity contribution is 5.71. The first-order valence-electron chi connectivity index (χ1n) is 36.5. The molecule has 0 heterocycles. The Balaban J connectivity index is 4.16. The highest BCUT2D eigenvalue weighted by Crippen LogP contribution is 2.19. The molecule has 1 unspecified atom stereocenters. The van der Waals surface area contributed by atoms with Crippen molar-refractivity contribution in [1.82, 2.24) is 0 Å². The van der Waals surface area contributed by atoms with Crippen LogP contribution in [0.5, 0.6) is 0 Å². The van der Waals surface area contributed by atoms with Crippen LogP contribution in [0.3, 0.4) is 0 Å². The van der Waals surface area contributed by atoms with Crippen molar-refractivity contribution < 1.29 is 28.6 Å². The van der Waals surface area contributed by atoms with Gasteiger partial charge in [0.2, 0.25) is 0 Å². The summed E-state index contributed by atoms with van der Waals surface area (Å²) in [6.07, 6.45) is 87.6. The quantitative estimate of drug-likeness (QED) is 0.0261. The van der Waals surface area contributed by atoms with Crippen molar-refractivity contribution in [3.63, 3.8) is 0 Å². The molecule has 0 aromatic carbocycles. The molecule has 1 atom stereocenters. The van der Waals surface area contributed by atoms with Gasteiger partial charge in [-0.15, -0.1) is 0 Å². The van der Waals surface area contributed by atoms with Gasteiger partial charge in [-0.25, -0.2) is 0 Å². The lowest BCUT2D eigenvalue weighted by molar-refractivity contribution is -0.167. The van der Waals surface area contributed by atoms with Crippen molar-refractivity contribution >= 4 is 17.9 Å². The van der Waals surface area contributed by atoms with Crippen LogP contribution in [0.4, 0.5) is 0 Å². The van der Waals surface area contributed by atoms with E-state index < -0.39 is 6.10 Å². The van der Waals surface area contributed by atoms with E-state index in [0.29, 0.717) is 19.3 Å². The van der Waals surface area contributed by atoms with Gasteiger partial charge in [-0.05, 0) is 77.0 Å². The van der Waals surface area contributed by atoms with Crippen molar-refractivity contribution in [3.05, 3.63) is 36.5 Å². The van der Waals surface area contributed by atoms with Crippen LogP contribution in [0, 0.1) is 0 Å². The molecular weight excluding hydrogens is 997 g/mol. The molecule has 0 N–H and O–H groups in total. The summed E-state index contributed by atoms with van der Waals surface area (Å²) < 4.78 is 17.0. The molecular formula is C75H140O6. The second kappa shape index (κ2) is 70.1. The number of rotatable bonds is 68. The summed E-state index contributed by atoms with van der Waals surface area (Å²) in [4.78, 5) is 38.4. The van der Waals surface area contributed by atoms with Crippen LogP contribution < -0.4 is 0 Å². The van der Waals surface area contributed by atoms with E-state index >= 15 is 0 Å². The van der Waals surface area contributed by atoms with E-state index in [1.807, 2.05) is 0 Å².